The maximum Gasteiger partial charge on any atom is 0.0625 e. The first-order valence-electron chi connectivity index (χ1n) is 5.00. The molecule has 0 bridgehead atoms. The predicted molar refractivity (Wildman–Crippen MR) is 56.9 cm³/mol. The summed E-state index contributed by atoms with van der Waals surface area (Å²) in [5.74, 6) is 0. The normalized spacial score (nSPS) is 16.7. The van der Waals surface area contributed by atoms with E-state index >= 15 is 0 Å². The van der Waals surface area contributed by atoms with Gasteiger partial charge < -0.3 is 16.6 Å². The molecule has 0 saturated carbocycles. The summed E-state index contributed by atoms with van der Waals surface area (Å²) in [5, 5.41) is 8.98. The molecule has 0 heterocycles. The lowest BCUT2D eigenvalue weighted by atomic mass is 9.99. The van der Waals surface area contributed by atoms with Gasteiger partial charge in [0, 0.05) is 5.69 Å². The summed E-state index contributed by atoms with van der Waals surface area (Å²) in [6.07, 6.45) is 3.35. The van der Waals surface area contributed by atoms with Crippen LogP contribution in [0.2, 0.25) is 0 Å². The van der Waals surface area contributed by atoms with Gasteiger partial charge in [0.25, 0.3) is 0 Å². The van der Waals surface area contributed by atoms with Crippen molar-refractivity contribution in [1.82, 2.24) is 0 Å². The molecule has 0 aromatic heterocycles. The van der Waals surface area contributed by atoms with Crippen LogP contribution in [0.4, 0.5) is 5.69 Å². The predicted octanol–water partition coefficient (Wildman–Crippen LogP) is 0.750. The molecule has 0 spiro atoms. The number of fused-ring (bicyclic) bond motifs is 1. The van der Waals surface area contributed by atoms with E-state index in [0.717, 1.165) is 24.1 Å². The van der Waals surface area contributed by atoms with E-state index in [1.807, 2.05) is 6.07 Å². The third kappa shape index (κ3) is 1.38. The van der Waals surface area contributed by atoms with Gasteiger partial charge in [0.2, 0.25) is 0 Å². The molecular formula is C11H16N2O. The molecule has 5 N–H and O–H groups in total. The van der Waals surface area contributed by atoms with E-state index in [1.165, 1.54) is 17.5 Å². The molecule has 1 aromatic rings. The molecule has 3 nitrogen and oxygen atoms in total. The van der Waals surface area contributed by atoms with Gasteiger partial charge in [-0.1, -0.05) is 12.1 Å². The molecular weight excluding hydrogens is 176 g/mol. The molecule has 2 rings (SSSR count). The van der Waals surface area contributed by atoms with Crippen molar-refractivity contribution >= 4 is 5.69 Å². The number of rotatable bonds is 2. The van der Waals surface area contributed by atoms with Crippen LogP contribution in [0.3, 0.4) is 0 Å². The van der Waals surface area contributed by atoms with Crippen molar-refractivity contribution in [1.29, 1.82) is 0 Å². The lowest BCUT2D eigenvalue weighted by Crippen LogP contribution is -2.17. The third-order valence-corrected chi connectivity index (χ3v) is 2.96. The van der Waals surface area contributed by atoms with Crippen molar-refractivity contribution in [2.24, 2.45) is 5.73 Å². The van der Waals surface area contributed by atoms with Crippen LogP contribution in [0.15, 0.2) is 12.1 Å². The zero-order chi connectivity index (χ0) is 10.1. The van der Waals surface area contributed by atoms with Crippen LogP contribution < -0.4 is 11.5 Å². The number of benzene rings is 1. The monoisotopic (exact) mass is 192 g/mol. The Balaban J connectivity index is 2.44. The molecule has 0 radical (unpaired) electrons. The largest absolute Gasteiger partial charge is 0.398 e. The molecule has 0 unspecified atom stereocenters. The second kappa shape index (κ2) is 3.59. The Morgan fingerprint density at radius 1 is 1.36 bits per heavy atom. The second-order valence-corrected chi connectivity index (χ2v) is 3.85. The van der Waals surface area contributed by atoms with E-state index in [0.29, 0.717) is 0 Å². The molecule has 1 aliphatic rings. The summed E-state index contributed by atoms with van der Waals surface area (Å²) >= 11 is 0. The van der Waals surface area contributed by atoms with Gasteiger partial charge in [-0.2, -0.15) is 0 Å². The second-order valence-electron chi connectivity index (χ2n) is 3.85. The number of nitrogen functional groups attached to an aromatic ring is 1. The summed E-state index contributed by atoms with van der Waals surface area (Å²) in [6, 6.07) is 3.69. The van der Waals surface area contributed by atoms with Gasteiger partial charge in [0.15, 0.2) is 0 Å². The Labute approximate surface area is 83.7 Å². The summed E-state index contributed by atoms with van der Waals surface area (Å²) < 4.78 is 0. The van der Waals surface area contributed by atoms with E-state index < -0.39 is 0 Å². The lowest BCUT2D eigenvalue weighted by Gasteiger charge is -2.14. The Kier molecular flexibility index (Phi) is 2.44. The first kappa shape index (κ1) is 9.49. The fraction of sp³-hybridized carbons (Fsp3) is 0.455. The highest BCUT2D eigenvalue weighted by atomic mass is 16.3. The van der Waals surface area contributed by atoms with Gasteiger partial charge in [-0.05, 0) is 36.0 Å². The first-order chi connectivity index (χ1) is 6.74. The molecule has 1 atom stereocenters. The maximum absolute atomic E-state index is 8.98. The highest BCUT2D eigenvalue weighted by Gasteiger charge is 2.18. The summed E-state index contributed by atoms with van der Waals surface area (Å²) in [7, 11) is 0. The molecule has 1 aromatic carbocycles. The van der Waals surface area contributed by atoms with E-state index in [2.05, 4.69) is 6.07 Å². The van der Waals surface area contributed by atoms with Gasteiger partial charge in [-0.25, -0.2) is 0 Å². The highest BCUT2D eigenvalue weighted by molar-refractivity contribution is 5.59. The van der Waals surface area contributed by atoms with Gasteiger partial charge in [-0.15, -0.1) is 0 Å². The Morgan fingerprint density at radius 3 is 2.86 bits per heavy atom. The standard InChI is InChI=1S/C11H16N2O/c12-10(6-14)9-5-4-7-2-1-3-8(7)11(9)13/h4-5,10,14H,1-3,6,12-13H2/t10-/m1/s1. The van der Waals surface area contributed by atoms with Crippen LogP contribution >= 0.6 is 0 Å². The van der Waals surface area contributed by atoms with Crippen LogP contribution in [0, 0.1) is 0 Å². The summed E-state index contributed by atoms with van der Waals surface area (Å²) in [4.78, 5) is 0. The topological polar surface area (TPSA) is 72.3 Å². The fourth-order valence-electron chi connectivity index (χ4n) is 2.13. The highest BCUT2D eigenvalue weighted by Crippen LogP contribution is 2.31. The van der Waals surface area contributed by atoms with E-state index in [4.69, 9.17) is 16.6 Å². The van der Waals surface area contributed by atoms with Crippen molar-refractivity contribution in [3.63, 3.8) is 0 Å². The number of hydrogen-bond donors (Lipinski definition) is 3. The lowest BCUT2D eigenvalue weighted by molar-refractivity contribution is 0.268. The molecule has 0 amide bonds. The van der Waals surface area contributed by atoms with Crippen molar-refractivity contribution in [2.45, 2.75) is 25.3 Å². The Morgan fingerprint density at radius 2 is 2.14 bits per heavy atom. The molecule has 0 fully saturated rings. The van der Waals surface area contributed by atoms with Crippen molar-refractivity contribution in [3.05, 3.63) is 28.8 Å². The fourth-order valence-corrected chi connectivity index (χ4v) is 2.13. The third-order valence-electron chi connectivity index (χ3n) is 2.96. The van der Waals surface area contributed by atoms with Gasteiger partial charge in [0.1, 0.15) is 0 Å². The number of aliphatic hydroxyl groups excluding tert-OH is 1. The van der Waals surface area contributed by atoms with Gasteiger partial charge in [-0.3, -0.25) is 0 Å². The van der Waals surface area contributed by atoms with E-state index in [1.54, 1.807) is 0 Å². The quantitative estimate of drug-likeness (QED) is 0.605. The molecule has 0 aliphatic heterocycles. The maximum atomic E-state index is 8.98. The zero-order valence-corrected chi connectivity index (χ0v) is 8.16. The number of aliphatic hydroxyl groups is 1. The smallest absolute Gasteiger partial charge is 0.0625 e. The van der Waals surface area contributed by atoms with Crippen LogP contribution in [0.1, 0.15) is 29.2 Å². The Bertz CT molecular complexity index is 349. The number of hydrogen-bond acceptors (Lipinski definition) is 3. The van der Waals surface area contributed by atoms with Gasteiger partial charge >= 0.3 is 0 Å². The van der Waals surface area contributed by atoms with Crippen LogP contribution in [0.5, 0.6) is 0 Å². The average molecular weight is 192 g/mol. The minimum absolute atomic E-state index is 0.0526. The zero-order valence-electron chi connectivity index (χ0n) is 8.16. The van der Waals surface area contributed by atoms with Crippen LogP contribution in [0.25, 0.3) is 0 Å². The molecule has 14 heavy (non-hydrogen) atoms. The first-order valence-corrected chi connectivity index (χ1v) is 5.00. The Hall–Kier alpha value is -1.06. The van der Waals surface area contributed by atoms with Crippen LogP contribution in [-0.4, -0.2) is 11.7 Å². The van der Waals surface area contributed by atoms with E-state index in [-0.39, 0.29) is 12.6 Å². The number of nitrogens with two attached hydrogens (primary N) is 2. The van der Waals surface area contributed by atoms with Crippen molar-refractivity contribution in [2.75, 3.05) is 12.3 Å². The SMILES string of the molecule is Nc1c([C@H](N)CO)ccc2c1CCC2. The average Bonchev–Trinajstić information content (AvgIpc) is 2.66. The number of aryl methyl sites for hydroxylation is 1. The summed E-state index contributed by atoms with van der Waals surface area (Å²) in [6.45, 7) is -0.0526. The van der Waals surface area contributed by atoms with E-state index in [9.17, 15) is 0 Å². The van der Waals surface area contributed by atoms with Gasteiger partial charge in [0.05, 0.1) is 12.6 Å². The molecule has 1 aliphatic carbocycles. The minimum Gasteiger partial charge on any atom is -0.398 e. The molecule has 3 heteroatoms. The van der Waals surface area contributed by atoms with Crippen molar-refractivity contribution in [3.8, 4) is 0 Å². The van der Waals surface area contributed by atoms with Crippen molar-refractivity contribution < 1.29 is 5.11 Å². The number of anilines is 1. The summed E-state index contributed by atoms with van der Waals surface area (Å²) in [5.41, 5.74) is 16.0. The van der Waals surface area contributed by atoms with Crippen LogP contribution in [-0.2, 0) is 12.8 Å². The minimum atomic E-state index is -0.346. The molecule has 76 valence electrons. The molecule has 0 saturated heterocycles.